The summed E-state index contributed by atoms with van der Waals surface area (Å²) >= 11 is 0. The molecule has 230 valence electrons. The van der Waals surface area contributed by atoms with Crippen LogP contribution in [0.15, 0.2) is 78.9 Å². The summed E-state index contributed by atoms with van der Waals surface area (Å²) < 4.78 is 29.9. The van der Waals surface area contributed by atoms with Crippen molar-refractivity contribution in [2.45, 2.75) is 58.3 Å². The molecule has 2 atom stereocenters. The van der Waals surface area contributed by atoms with Crippen LogP contribution in [-0.2, 0) is 11.2 Å². The van der Waals surface area contributed by atoms with Gasteiger partial charge >= 0.3 is 29.6 Å². The molecule has 7 nitrogen and oxygen atoms in total. The summed E-state index contributed by atoms with van der Waals surface area (Å²) in [6, 6.07) is 18.6. The van der Waals surface area contributed by atoms with Crippen LogP contribution >= 0.6 is 0 Å². The topological polar surface area (TPSA) is 115 Å². The quantitative estimate of drug-likeness (QED) is 0.210. The second-order valence-electron chi connectivity index (χ2n) is 10.9. The van der Waals surface area contributed by atoms with Crippen LogP contribution in [0.3, 0.4) is 0 Å². The molecule has 0 aliphatic carbocycles. The number of carboxylic acids is 1. The van der Waals surface area contributed by atoms with Gasteiger partial charge in [0, 0.05) is 47.4 Å². The molecule has 3 aromatic carbocycles. The summed E-state index contributed by atoms with van der Waals surface area (Å²) in [4.78, 5) is 25.1. The Labute approximate surface area is 283 Å². The molecule has 0 radical (unpaired) electrons. The Bertz CT molecular complexity index is 1650. The third-order valence-electron chi connectivity index (χ3n) is 7.23. The number of aromatic nitrogens is 1. The Morgan fingerprint density at radius 2 is 1.51 bits per heavy atom. The van der Waals surface area contributed by atoms with Crippen molar-refractivity contribution < 1.29 is 63.2 Å². The average Bonchev–Trinajstić information content (AvgIpc) is 3.32. The van der Waals surface area contributed by atoms with E-state index in [1.54, 1.807) is 41.0 Å². The molecule has 0 saturated carbocycles. The van der Waals surface area contributed by atoms with Crippen LogP contribution in [0.4, 0.5) is 14.5 Å². The van der Waals surface area contributed by atoms with Crippen molar-refractivity contribution in [2.24, 2.45) is 0 Å². The van der Waals surface area contributed by atoms with Gasteiger partial charge in [-0.1, -0.05) is 49.4 Å². The molecule has 0 unspecified atom stereocenters. The molecule has 45 heavy (non-hydrogen) atoms. The molecule has 4 rings (SSSR count). The molecule has 0 saturated heterocycles. The molecule has 0 bridgehead atoms. The van der Waals surface area contributed by atoms with E-state index in [2.05, 4.69) is 5.32 Å². The van der Waals surface area contributed by atoms with Crippen molar-refractivity contribution in [2.75, 3.05) is 5.32 Å². The fourth-order valence-corrected chi connectivity index (χ4v) is 5.23. The van der Waals surface area contributed by atoms with Gasteiger partial charge in [-0.2, -0.15) is 0 Å². The van der Waals surface area contributed by atoms with Gasteiger partial charge < -0.3 is 30.0 Å². The van der Waals surface area contributed by atoms with E-state index in [1.165, 1.54) is 30.3 Å². The van der Waals surface area contributed by atoms with Gasteiger partial charge in [-0.25, -0.2) is 8.78 Å². The number of aliphatic hydroxyl groups excluding tert-OH is 2. The first kappa shape index (κ1) is 35.9. The zero-order valence-corrected chi connectivity index (χ0v) is 27.8. The number of halogens is 2. The van der Waals surface area contributed by atoms with Gasteiger partial charge in [-0.05, 0) is 79.4 Å². The van der Waals surface area contributed by atoms with Crippen molar-refractivity contribution >= 4 is 23.6 Å². The second kappa shape index (κ2) is 16.1. The molecule has 1 heterocycles. The van der Waals surface area contributed by atoms with Gasteiger partial charge in [0.15, 0.2) is 0 Å². The van der Waals surface area contributed by atoms with E-state index in [1.807, 2.05) is 39.0 Å². The van der Waals surface area contributed by atoms with E-state index >= 15 is 0 Å². The van der Waals surface area contributed by atoms with E-state index in [-0.39, 0.29) is 47.7 Å². The first-order valence-corrected chi connectivity index (χ1v) is 14.4. The van der Waals surface area contributed by atoms with Gasteiger partial charge in [0.25, 0.3) is 5.91 Å². The molecule has 0 fully saturated rings. The van der Waals surface area contributed by atoms with Crippen molar-refractivity contribution in [3.8, 4) is 22.3 Å². The number of aliphatic hydroxyl groups is 2. The van der Waals surface area contributed by atoms with Crippen LogP contribution < -0.4 is 40.0 Å². The van der Waals surface area contributed by atoms with Crippen molar-refractivity contribution in [3.63, 3.8) is 0 Å². The third kappa shape index (κ3) is 8.99. The largest absolute Gasteiger partial charge is 1.00 e. The minimum absolute atomic E-state index is 0. The molecule has 0 aliphatic rings. The van der Waals surface area contributed by atoms with Crippen LogP contribution in [0.5, 0.6) is 0 Å². The summed E-state index contributed by atoms with van der Waals surface area (Å²) in [7, 11) is 0. The van der Waals surface area contributed by atoms with Crippen LogP contribution in [0.2, 0.25) is 0 Å². The molecule has 0 spiro atoms. The van der Waals surface area contributed by atoms with Crippen LogP contribution in [0.1, 0.15) is 61.4 Å². The van der Waals surface area contributed by atoms with Gasteiger partial charge in [0.2, 0.25) is 0 Å². The van der Waals surface area contributed by atoms with Crippen LogP contribution in [0, 0.1) is 11.6 Å². The fourth-order valence-electron chi connectivity index (χ4n) is 5.23. The number of carboxylic acid groups (broad SMARTS) is 1. The van der Waals surface area contributed by atoms with E-state index in [0.29, 0.717) is 33.6 Å². The minimum atomic E-state index is -1.44. The molecule has 1 amide bonds. The first-order chi connectivity index (χ1) is 21.0. The zero-order valence-electron chi connectivity index (χ0n) is 25.8. The standard InChI is InChI=1S/C35H36F2N2O5.Na/c1-4-22-6-5-7-27(18-22)38-35(44)34-33(24-10-14-26(37)15-11-24)32(23-8-12-25(36)13-9-23)30(39(34)21(2)3)17-16-28(40)19-29(41)20-31(42)43;/h5-18,21,28-29,40-41H,4,19-20H2,1-3H3,(H,38,44)(H,42,43);/q;+1/p-1/b17-16+;/t28-,29-;/m1./s1. The number of rotatable bonds is 12. The summed E-state index contributed by atoms with van der Waals surface area (Å²) in [5.41, 5.74) is 4.50. The molecule has 1 aromatic heterocycles. The summed E-state index contributed by atoms with van der Waals surface area (Å²) in [5, 5.41) is 34.6. The summed E-state index contributed by atoms with van der Waals surface area (Å²) in [5.74, 6) is -2.78. The van der Waals surface area contributed by atoms with Crippen molar-refractivity contribution in [1.82, 2.24) is 4.57 Å². The van der Waals surface area contributed by atoms with Crippen molar-refractivity contribution in [1.29, 1.82) is 0 Å². The molecular weight excluding hydrogens is 589 g/mol. The Morgan fingerprint density at radius 3 is 2.04 bits per heavy atom. The number of anilines is 1. The Hall–Kier alpha value is -3.60. The molecular formula is C35H35F2N2NaO5. The maximum atomic E-state index is 14.2. The Morgan fingerprint density at radius 1 is 0.933 bits per heavy atom. The number of aryl methyl sites for hydroxylation is 1. The van der Waals surface area contributed by atoms with Gasteiger partial charge in [0.1, 0.15) is 17.3 Å². The fraction of sp³-hybridized carbons (Fsp3) is 0.257. The van der Waals surface area contributed by atoms with E-state index in [9.17, 15) is 33.7 Å². The van der Waals surface area contributed by atoms with E-state index in [0.717, 1.165) is 12.0 Å². The summed E-state index contributed by atoms with van der Waals surface area (Å²) in [6.45, 7) is 5.78. The van der Waals surface area contributed by atoms with Gasteiger partial charge in [-0.3, -0.25) is 4.79 Å². The molecule has 10 heteroatoms. The van der Waals surface area contributed by atoms with E-state index in [4.69, 9.17) is 0 Å². The number of nitrogens with one attached hydrogen (secondary N) is 1. The predicted octanol–water partition coefficient (Wildman–Crippen LogP) is 2.77. The zero-order chi connectivity index (χ0) is 32.0. The third-order valence-corrected chi connectivity index (χ3v) is 7.23. The summed E-state index contributed by atoms with van der Waals surface area (Å²) in [6.07, 6.45) is 0.317. The number of carbonyl (C=O) groups excluding carboxylic acids is 2. The average molecular weight is 625 g/mol. The number of hydrogen-bond donors (Lipinski definition) is 3. The van der Waals surface area contributed by atoms with Crippen molar-refractivity contribution in [3.05, 3.63) is 107 Å². The SMILES string of the molecule is CCc1cccc(NC(=O)c2c(-c3ccc(F)cc3)c(-c3ccc(F)cc3)c(/C=C/[C@@H](O)C[C@@H](O)CC(=O)[O-])n2C(C)C)c1.[Na+]. The Balaban J connectivity index is 0.00000552. The number of carbonyl (C=O) groups is 2. The number of amides is 1. The normalized spacial score (nSPS) is 12.6. The van der Waals surface area contributed by atoms with Gasteiger partial charge in [0.05, 0.1) is 12.2 Å². The number of hydrogen-bond acceptors (Lipinski definition) is 5. The maximum absolute atomic E-state index is 14.2. The number of benzene rings is 3. The van der Waals surface area contributed by atoms with Crippen LogP contribution in [0.25, 0.3) is 28.3 Å². The second-order valence-corrected chi connectivity index (χ2v) is 10.9. The first-order valence-electron chi connectivity index (χ1n) is 14.4. The number of aliphatic carboxylic acids is 1. The Kier molecular flexibility index (Phi) is 12.8. The smallest absolute Gasteiger partial charge is 0.550 e. The minimum Gasteiger partial charge on any atom is -0.550 e. The van der Waals surface area contributed by atoms with Crippen LogP contribution in [-0.4, -0.2) is 38.9 Å². The molecule has 0 aliphatic heterocycles. The maximum Gasteiger partial charge on any atom is 1.00 e. The van der Waals surface area contributed by atoms with Gasteiger partial charge in [-0.15, -0.1) is 0 Å². The number of nitrogens with zero attached hydrogens (tertiary/aromatic N) is 1. The molecule has 4 aromatic rings. The van der Waals surface area contributed by atoms with E-state index < -0.39 is 42.1 Å². The monoisotopic (exact) mass is 624 g/mol. The molecule has 3 N–H and O–H groups in total. The predicted molar refractivity (Wildman–Crippen MR) is 165 cm³/mol.